The largest absolute Gasteiger partial charge is 0.291 e. The van der Waals surface area contributed by atoms with Crippen LogP contribution in [0.25, 0.3) is 22.4 Å². The van der Waals surface area contributed by atoms with E-state index in [-0.39, 0.29) is 5.82 Å². The van der Waals surface area contributed by atoms with Crippen LogP contribution in [0.5, 0.6) is 0 Å². The first-order valence-corrected chi connectivity index (χ1v) is 7.36. The van der Waals surface area contributed by atoms with Crippen LogP contribution >= 0.6 is 0 Å². The molecule has 1 aliphatic rings. The fourth-order valence-corrected chi connectivity index (χ4v) is 2.72. The zero-order chi connectivity index (χ0) is 14.9. The molecule has 0 N–H and O–H groups in total. The van der Waals surface area contributed by atoms with Gasteiger partial charge in [-0.05, 0) is 42.7 Å². The van der Waals surface area contributed by atoms with Crippen LogP contribution in [-0.4, -0.2) is 23.6 Å². The molecule has 4 rings (SSSR count). The third kappa shape index (κ3) is 2.17. The zero-order valence-electron chi connectivity index (χ0n) is 12.1. The molecule has 0 spiro atoms. The molecular formula is C18H14BN3. The number of benzene rings is 2. The maximum Gasteiger partial charge on any atom is 0.164 e. The first kappa shape index (κ1) is 13.1. The van der Waals surface area contributed by atoms with Crippen molar-refractivity contribution in [1.29, 1.82) is 0 Å². The van der Waals surface area contributed by atoms with Crippen molar-refractivity contribution in [1.82, 2.24) is 9.55 Å². The number of imidazole rings is 1. The van der Waals surface area contributed by atoms with Gasteiger partial charge >= 0.3 is 0 Å². The Morgan fingerprint density at radius 2 is 1.77 bits per heavy atom. The summed E-state index contributed by atoms with van der Waals surface area (Å²) in [6.07, 6.45) is 4.65. The molecule has 0 amide bonds. The Morgan fingerprint density at radius 3 is 2.55 bits per heavy atom. The van der Waals surface area contributed by atoms with E-state index in [0.29, 0.717) is 0 Å². The van der Waals surface area contributed by atoms with Crippen molar-refractivity contribution in [3.63, 3.8) is 0 Å². The number of para-hydroxylation sites is 3. The Bertz CT molecular complexity index is 878. The number of rotatable bonds is 2. The third-order valence-corrected chi connectivity index (χ3v) is 3.79. The molecule has 104 valence electrons. The standard InChI is InChI=1S/C18H14BN3/c19-13-10-11-16(20-12-13)18-21-15-8-4-5-9-17(15)22(18)14-6-2-1-3-7-14/h1-9,11-13H,10H2. The summed E-state index contributed by atoms with van der Waals surface area (Å²) in [5.74, 6) is 0.855. The summed E-state index contributed by atoms with van der Waals surface area (Å²) in [7, 11) is 5.88. The van der Waals surface area contributed by atoms with Gasteiger partial charge in [-0.15, -0.1) is 0 Å². The number of fused-ring (bicyclic) bond motifs is 1. The summed E-state index contributed by atoms with van der Waals surface area (Å²) < 4.78 is 2.15. The molecule has 22 heavy (non-hydrogen) atoms. The van der Waals surface area contributed by atoms with Gasteiger partial charge in [-0.25, -0.2) is 4.98 Å². The highest BCUT2D eigenvalue weighted by atomic mass is 15.1. The van der Waals surface area contributed by atoms with Crippen LogP contribution in [-0.2, 0) is 0 Å². The van der Waals surface area contributed by atoms with Crippen molar-refractivity contribution in [2.45, 2.75) is 12.2 Å². The molecule has 3 aromatic rings. The minimum absolute atomic E-state index is 0.00157. The molecule has 0 fully saturated rings. The molecule has 0 bridgehead atoms. The molecule has 1 atom stereocenters. The lowest BCUT2D eigenvalue weighted by Crippen LogP contribution is -2.04. The highest BCUT2D eigenvalue weighted by molar-refractivity contribution is 6.21. The molecule has 1 unspecified atom stereocenters. The molecule has 3 nitrogen and oxygen atoms in total. The molecule has 4 heteroatoms. The Morgan fingerprint density at radius 1 is 1.00 bits per heavy atom. The van der Waals surface area contributed by atoms with Gasteiger partial charge in [-0.1, -0.05) is 36.4 Å². The van der Waals surface area contributed by atoms with E-state index in [1.54, 1.807) is 6.21 Å². The van der Waals surface area contributed by atoms with Crippen molar-refractivity contribution in [3.05, 3.63) is 66.5 Å². The van der Waals surface area contributed by atoms with Crippen LogP contribution in [0.15, 0.2) is 65.7 Å². The Kier molecular flexibility index (Phi) is 3.15. The van der Waals surface area contributed by atoms with E-state index in [1.165, 1.54) is 0 Å². The SMILES string of the molecule is [B]C1C=NC(c2nc3ccccc3n2-c2ccccc2)=CC1. The summed E-state index contributed by atoms with van der Waals surface area (Å²) in [4.78, 5) is 9.27. The average Bonchev–Trinajstić information content (AvgIpc) is 2.96. The minimum Gasteiger partial charge on any atom is -0.291 e. The monoisotopic (exact) mass is 283 g/mol. The van der Waals surface area contributed by atoms with Gasteiger partial charge in [0, 0.05) is 5.69 Å². The topological polar surface area (TPSA) is 30.2 Å². The minimum atomic E-state index is -0.00157. The fraction of sp³-hybridized carbons (Fsp3) is 0.111. The fourth-order valence-electron chi connectivity index (χ4n) is 2.72. The number of allylic oxidation sites excluding steroid dienone is 1. The number of aromatic nitrogens is 2. The molecule has 2 radical (unpaired) electrons. The van der Waals surface area contributed by atoms with Crippen molar-refractivity contribution < 1.29 is 0 Å². The average molecular weight is 283 g/mol. The summed E-state index contributed by atoms with van der Waals surface area (Å²) in [6.45, 7) is 0. The van der Waals surface area contributed by atoms with E-state index in [1.807, 2.05) is 36.4 Å². The van der Waals surface area contributed by atoms with Gasteiger partial charge in [0.1, 0.15) is 5.70 Å². The lowest BCUT2D eigenvalue weighted by Gasteiger charge is -2.13. The van der Waals surface area contributed by atoms with E-state index in [4.69, 9.17) is 12.8 Å². The molecule has 1 aromatic heterocycles. The quantitative estimate of drug-likeness (QED) is 0.658. The molecule has 2 heterocycles. The van der Waals surface area contributed by atoms with E-state index < -0.39 is 0 Å². The summed E-state index contributed by atoms with van der Waals surface area (Å²) in [5.41, 5.74) is 4.00. The second-order valence-corrected chi connectivity index (χ2v) is 5.36. The van der Waals surface area contributed by atoms with Crippen LogP contribution in [0, 0.1) is 0 Å². The van der Waals surface area contributed by atoms with Gasteiger partial charge in [-0.3, -0.25) is 9.56 Å². The van der Waals surface area contributed by atoms with Crippen LogP contribution in [0.4, 0.5) is 0 Å². The smallest absolute Gasteiger partial charge is 0.164 e. The van der Waals surface area contributed by atoms with Gasteiger partial charge in [0.05, 0.1) is 18.9 Å². The van der Waals surface area contributed by atoms with Crippen LogP contribution in [0.1, 0.15) is 12.2 Å². The van der Waals surface area contributed by atoms with Crippen molar-refractivity contribution in [3.8, 4) is 5.69 Å². The zero-order valence-corrected chi connectivity index (χ0v) is 12.1. The first-order chi connectivity index (χ1) is 10.8. The van der Waals surface area contributed by atoms with Crippen molar-refractivity contribution in [2.75, 3.05) is 0 Å². The Balaban J connectivity index is 1.97. The van der Waals surface area contributed by atoms with Gasteiger partial charge in [0.15, 0.2) is 5.82 Å². The van der Waals surface area contributed by atoms with Gasteiger partial charge in [-0.2, -0.15) is 0 Å². The maximum atomic E-state index is 5.88. The second kappa shape index (κ2) is 5.30. The molecule has 0 saturated heterocycles. The number of nitrogens with zero attached hydrogens (tertiary/aromatic N) is 3. The highest BCUT2D eigenvalue weighted by Crippen LogP contribution is 2.29. The van der Waals surface area contributed by atoms with Crippen LogP contribution in [0.3, 0.4) is 0 Å². The first-order valence-electron chi connectivity index (χ1n) is 7.36. The molecule has 0 aliphatic carbocycles. The summed E-state index contributed by atoms with van der Waals surface area (Å²) >= 11 is 0. The van der Waals surface area contributed by atoms with E-state index >= 15 is 0 Å². The Hall–Kier alpha value is -2.62. The number of hydrogen-bond acceptors (Lipinski definition) is 2. The Labute approximate surface area is 130 Å². The van der Waals surface area contributed by atoms with Crippen molar-refractivity contribution in [2.24, 2.45) is 4.99 Å². The van der Waals surface area contributed by atoms with Gasteiger partial charge in [0.2, 0.25) is 0 Å². The van der Waals surface area contributed by atoms with Gasteiger partial charge < -0.3 is 0 Å². The van der Waals surface area contributed by atoms with Crippen LogP contribution < -0.4 is 0 Å². The molecule has 0 saturated carbocycles. The third-order valence-electron chi connectivity index (χ3n) is 3.79. The predicted octanol–water partition coefficient (Wildman–Crippen LogP) is 3.80. The highest BCUT2D eigenvalue weighted by Gasteiger charge is 2.17. The molecule has 2 aromatic carbocycles. The second-order valence-electron chi connectivity index (χ2n) is 5.36. The van der Waals surface area contributed by atoms with E-state index in [9.17, 15) is 0 Å². The number of aliphatic imine (C=N–C) groups is 1. The van der Waals surface area contributed by atoms with Crippen molar-refractivity contribution >= 4 is 30.8 Å². The number of hydrogen-bond donors (Lipinski definition) is 0. The summed E-state index contributed by atoms with van der Waals surface area (Å²) in [6, 6.07) is 18.4. The lowest BCUT2D eigenvalue weighted by molar-refractivity contribution is 1.02. The molecule has 1 aliphatic heterocycles. The normalized spacial score (nSPS) is 17.6. The van der Waals surface area contributed by atoms with Gasteiger partial charge in [0.25, 0.3) is 0 Å². The summed E-state index contributed by atoms with van der Waals surface area (Å²) in [5, 5.41) is 0. The maximum absolute atomic E-state index is 5.88. The van der Waals surface area contributed by atoms with E-state index in [0.717, 1.165) is 34.7 Å². The molecular weight excluding hydrogens is 269 g/mol. The van der Waals surface area contributed by atoms with E-state index in [2.05, 4.69) is 33.8 Å². The predicted molar refractivity (Wildman–Crippen MR) is 91.7 cm³/mol. The van der Waals surface area contributed by atoms with Crippen LogP contribution in [0.2, 0.25) is 5.82 Å². The lowest BCUT2D eigenvalue weighted by atomic mass is 9.84.